The number of ether oxygens (including phenoxy) is 1. The Kier molecular flexibility index (Phi) is 5.10. The number of nitrogens with one attached hydrogen (secondary N) is 2. The maximum absolute atomic E-state index is 12.9. The molecule has 3 N–H and O–H groups in total. The van der Waals surface area contributed by atoms with Crippen molar-refractivity contribution in [1.82, 2.24) is 10.2 Å². The number of H-pyrrole nitrogens is 2. The van der Waals surface area contributed by atoms with Crippen LogP contribution in [0.25, 0.3) is 0 Å². The van der Waals surface area contributed by atoms with Crippen molar-refractivity contribution >= 4 is 5.97 Å². The van der Waals surface area contributed by atoms with Crippen molar-refractivity contribution in [3.8, 4) is 0 Å². The number of hydrogen-bond acceptors (Lipinski definition) is 4. The van der Waals surface area contributed by atoms with Gasteiger partial charge < -0.3 is 14.9 Å². The molecule has 150 valence electrons. The fraction of sp³-hybridized carbons (Fsp3) is 0.455. The molecule has 0 amide bonds. The zero-order valence-corrected chi connectivity index (χ0v) is 16.8. The normalized spacial score (nSPS) is 24.5. The average Bonchev–Trinajstić information content (AvgIpc) is 2.97. The third kappa shape index (κ3) is 3.56. The zero-order chi connectivity index (χ0) is 20.7. The smallest absolute Gasteiger partial charge is 0.313 e. The zero-order valence-electron chi connectivity index (χ0n) is 16.8. The van der Waals surface area contributed by atoms with Gasteiger partial charge in [-0.25, -0.2) is 0 Å². The van der Waals surface area contributed by atoms with E-state index in [4.69, 9.17) is 4.74 Å². The van der Waals surface area contributed by atoms with E-state index in [0.717, 1.165) is 11.1 Å². The van der Waals surface area contributed by atoms with E-state index in [9.17, 15) is 14.7 Å². The number of aromatic nitrogens is 2. The van der Waals surface area contributed by atoms with Gasteiger partial charge in [0.05, 0.1) is 11.5 Å². The van der Waals surface area contributed by atoms with Gasteiger partial charge in [-0.15, -0.1) is 0 Å². The summed E-state index contributed by atoms with van der Waals surface area (Å²) in [5.41, 5.74) is 1.37. The molecule has 6 nitrogen and oxygen atoms in total. The van der Waals surface area contributed by atoms with Crippen LogP contribution in [-0.4, -0.2) is 33.5 Å². The number of aromatic amines is 2. The van der Waals surface area contributed by atoms with Crippen LogP contribution in [0.15, 0.2) is 41.7 Å². The Hall–Kier alpha value is -2.60. The van der Waals surface area contributed by atoms with Gasteiger partial charge in [0.1, 0.15) is 6.61 Å². The van der Waals surface area contributed by atoms with Gasteiger partial charge in [0.2, 0.25) is 0 Å². The van der Waals surface area contributed by atoms with Gasteiger partial charge in [-0.3, -0.25) is 14.7 Å². The van der Waals surface area contributed by atoms with Crippen molar-refractivity contribution in [2.24, 2.45) is 5.92 Å². The lowest BCUT2D eigenvalue weighted by Crippen LogP contribution is -2.50. The second-order valence-corrected chi connectivity index (χ2v) is 8.75. The number of rotatable bonds is 4. The minimum atomic E-state index is -1.37. The van der Waals surface area contributed by atoms with Crippen molar-refractivity contribution in [3.05, 3.63) is 69.7 Å². The van der Waals surface area contributed by atoms with Crippen LogP contribution in [0, 0.1) is 5.92 Å². The third-order valence-electron chi connectivity index (χ3n) is 5.48. The Morgan fingerprint density at radius 2 is 1.96 bits per heavy atom. The molecule has 0 aliphatic heterocycles. The molecule has 0 unspecified atom stereocenters. The van der Waals surface area contributed by atoms with E-state index in [-0.39, 0.29) is 24.0 Å². The van der Waals surface area contributed by atoms with E-state index >= 15 is 0 Å². The highest BCUT2D eigenvalue weighted by Gasteiger charge is 2.51. The lowest BCUT2D eigenvalue weighted by molar-refractivity contribution is -0.158. The molecule has 3 rings (SSSR count). The van der Waals surface area contributed by atoms with Crippen LogP contribution in [0.2, 0.25) is 0 Å². The molecule has 6 heteroatoms. The number of fused-ring (bicyclic) bond motifs is 1. The Morgan fingerprint density at radius 3 is 2.54 bits per heavy atom. The number of hydrogen-bond donors (Lipinski definition) is 3. The quantitative estimate of drug-likeness (QED) is 0.558. The van der Waals surface area contributed by atoms with E-state index in [1.54, 1.807) is 6.92 Å². The van der Waals surface area contributed by atoms with E-state index in [1.807, 2.05) is 24.3 Å². The van der Waals surface area contributed by atoms with Crippen LogP contribution in [0.4, 0.5) is 0 Å². The Balaban J connectivity index is 2.14. The van der Waals surface area contributed by atoms with Crippen LogP contribution < -0.4 is 5.56 Å². The lowest BCUT2D eigenvalue weighted by Gasteiger charge is -2.40. The van der Waals surface area contributed by atoms with Gasteiger partial charge >= 0.3 is 5.97 Å². The summed E-state index contributed by atoms with van der Waals surface area (Å²) in [6.45, 7) is 11.6. The molecule has 3 atom stereocenters. The predicted octanol–water partition coefficient (Wildman–Crippen LogP) is 2.78. The number of carbonyl (C=O) groups excluding carboxylic acids is 1. The van der Waals surface area contributed by atoms with Crippen LogP contribution in [0.5, 0.6) is 0 Å². The first-order valence-electron chi connectivity index (χ1n) is 9.46. The van der Waals surface area contributed by atoms with Crippen molar-refractivity contribution in [2.75, 3.05) is 6.61 Å². The molecule has 0 fully saturated rings. The van der Waals surface area contributed by atoms with E-state index in [2.05, 4.69) is 37.5 Å². The second kappa shape index (κ2) is 7.09. The fourth-order valence-corrected chi connectivity index (χ4v) is 4.04. The van der Waals surface area contributed by atoms with Gasteiger partial charge in [-0.05, 0) is 23.5 Å². The van der Waals surface area contributed by atoms with Crippen LogP contribution in [0.1, 0.15) is 56.0 Å². The van der Waals surface area contributed by atoms with Gasteiger partial charge in [0.25, 0.3) is 5.56 Å². The van der Waals surface area contributed by atoms with Gasteiger partial charge in [-0.2, -0.15) is 0 Å². The summed E-state index contributed by atoms with van der Waals surface area (Å²) in [5.74, 6) is -2.06. The molecule has 0 saturated heterocycles. The van der Waals surface area contributed by atoms with E-state index in [0.29, 0.717) is 11.3 Å². The Morgan fingerprint density at radius 1 is 1.32 bits per heavy atom. The topological polar surface area (TPSA) is 95.2 Å². The number of esters is 1. The second-order valence-electron chi connectivity index (χ2n) is 8.75. The van der Waals surface area contributed by atoms with Crippen LogP contribution in [0.3, 0.4) is 0 Å². The number of benzene rings is 1. The first-order chi connectivity index (χ1) is 13.1. The maximum atomic E-state index is 12.9. The lowest BCUT2D eigenvalue weighted by atomic mass is 9.66. The molecule has 2 aromatic rings. The summed E-state index contributed by atoms with van der Waals surface area (Å²) in [7, 11) is 0. The summed E-state index contributed by atoms with van der Waals surface area (Å²) in [6.07, 6.45) is 1.64. The first-order valence-corrected chi connectivity index (χ1v) is 9.46. The molecule has 0 saturated carbocycles. The van der Waals surface area contributed by atoms with Crippen molar-refractivity contribution < 1.29 is 14.6 Å². The van der Waals surface area contributed by atoms with Crippen molar-refractivity contribution in [2.45, 2.75) is 51.0 Å². The molecule has 1 aliphatic carbocycles. The molecular formula is C22H28N2O4. The molecule has 0 bridgehead atoms. The standard InChI is InChI=1S/C22H28N2O4/c1-6-11-28-20(26)18-16(13-7-9-14(10-8-13)21(2,3)4)17-15(12-22(18,5)27)23-24-19(17)25/h6-10,16,18,27H,1,11-12H2,2-5H3,(H2,23,24,25)/t16-,18-,22+/m0/s1. The Labute approximate surface area is 164 Å². The molecule has 1 aliphatic rings. The largest absolute Gasteiger partial charge is 0.461 e. The highest BCUT2D eigenvalue weighted by atomic mass is 16.5. The summed E-state index contributed by atoms with van der Waals surface area (Å²) in [6, 6.07) is 7.86. The van der Waals surface area contributed by atoms with Crippen LogP contribution >= 0.6 is 0 Å². The molecular weight excluding hydrogens is 356 g/mol. The molecule has 1 heterocycles. The molecule has 1 aromatic carbocycles. The third-order valence-corrected chi connectivity index (χ3v) is 5.48. The van der Waals surface area contributed by atoms with E-state index < -0.39 is 23.4 Å². The summed E-state index contributed by atoms with van der Waals surface area (Å²) >= 11 is 0. The minimum absolute atomic E-state index is 0.0183. The number of carbonyl (C=O) groups is 1. The summed E-state index contributed by atoms with van der Waals surface area (Å²) in [4.78, 5) is 25.4. The maximum Gasteiger partial charge on any atom is 0.313 e. The highest BCUT2D eigenvalue weighted by Crippen LogP contribution is 2.44. The van der Waals surface area contributed by atoms with Gasteiger partial charge in [-0.1, -0.05) is 57.7 Å². The SMILES string of the molecule is C=CCOC(=O)[C@@H]1[C@@H](c2ccc(C(C)(C)C)cc2)c2c([nH][nH]c2=O)C[C@@]1(C)O. The predicted molar refractivity (Wildman–Crippen MR) is 107 cm³/mol. The fourth-order valence-electron chi connectivity index (χ4n) is 4.04. The molecule has 1 aromatic heterocycles. The summed E-state index contributed by atoms with van der Waals surface area (Å²) < 4.78 is 5.29. The van der Waals surface area contributed by atoms with Crippen LogP contribution in [-0.2, 0) is 21.4 Å². The average molecular weight is 384 g/mol. The minimum Gasteiger partial charge on any atom is -0.461 e. The molecule has 28 heavy (non-hydrogen) atoms. The summed E-state index contributed by atoms with van der Waals surface area (Å²) in [5, 5.41) is 16.6. The highest BCUT2D eigenvalue weighted by molar-refractivity contribution is 5.77. The van der Waals surface area contributed by atoms with Gasteiger partial charge in [0.15, 0.2) is 0 Å². The number of aliphatic hydroxyl groups is 1. The Bertz CT molecular complexity index is 929. The first kappa shape index (κ1) is 20.1. The molecule has 0 spiro atoms. The van der Waals surface area contributed by atoms with E-state index in [1.165, 1.54) is 6.08 Å². The van der Waals surface area contributed by atoms with Crippen molar-refractivity contribution in [3.63, 3.8) is 0 Å². The molecule has 0 radical (unpaired) electrons. The van der Waals surface area contributed by atoms with Crippen molar-refractivity contribution in [1.29, 1.82) is 0 Å². The monoisotopic (exact) mass is 384 g/mol. The van der Waals surface area contributed by atoms with Gasteiger partial charge in [0, 0.05) is 23.6 Å².